The smallest absolute Gasteiger partial charge is 0.300 e. The van der Waals surface area contributed by atoms with Gasteiger partial charge in [-0.2, -0.15) is 0 Å². The van der Waals surface area contributed by atoms with Crippen LogP contribution in [0.25, 0.3) is 5.76 Å². The van der Waals surface area contributed by atoms with Crippen LogP contribution in [0.4, 0.5) is 11.4 Å². The average Bonchev–Trinajstić information content (AvgIpc) is 3.42. The van der Waals surface area contributed by atoms with Crippen molar-refractivity contribution in [2.75, 3.05) is 16.8 Å². The number of aliphatic hydroxyl groups excluding tert-OH is 1. The monoisotopic (exact) mass is 480 g/mol. The average molecular weight is 481 g/mol. The normalized spacial score (nSPS) is 17.1. The van der Waals surface area contributed by atoms with Gasteiger partial charge in [0.15, 0.2) is 0 Å². The molecule has 0 bridgehead atoms. The number of aliphatic hydroxyl groups is 1. The second-order valence-corrected chi connectivity index (χ2v) is 7.90. The number of rotatable bonds is 6. The quantitative estimate of drug-likeness (QED) is 0.294. The highest BCUT2D eigenvalue weighted by Gasteiger charge is 2.48. The van der Waals surface area contributed by atoms with Gasteiger partial charge < -0.3 is 19.6 Å². The van der Waals surface area contributed by atoms with Gasteiger partial charge >= 0.3 is 0 Å². The number of benzene rings is 2. The van der Waals surface area contributed by atoms with Crippen LogP contribution in [0.15, 0.2) is 70.9 Å². The zero-order chi connectivity index (χ0) is 24.4. The number of furan rings is 1. The number of anilines is 2. The number of carbonyl (C=O) groups is 3. The second-order valence-electron chi connectivity index (χ2n) is 7.49. The van der Waals surface area contributed by atoms with E-state index in [9.17, 15) is 19.5 Å². The van der Waals surface area contributed by atoms with E-state index in [1.165, 1.54) is 36.3 Å². The van der Waals surface area contributed by atoms with Gasteiger partial charge in [0.25, 0.3) is 11.7 Å². The Labute approximate surface area is 200 Å². The lowest BCUT2D eigenvalue weighted by Crippen LogP contribution is -2.29. The van der Waals surface area contributed by atoms with E-state index >= 15 is 0 Å². The van der Waals surface area contributed by atoms with E-state index in [0.717, 1.165) is 0 Å². The fourth-order valence-electron chi connectivity index (χ4n) is 3.82. The minimum Gasteiger partial charge on any atom is -0.507 e. The Kier molecular flexibility index (Phi) is 6.43. The highest BCUT2D eigenvalue weighted by atomic mass is 35.5. The van der Waals surface area contributed by atoms with Crippen LogP contribution in [0.3, 0.4) is 0 Å². The fraction of sp³-hybridized carbons (Fsp3) is 0.160. The number of carbonyl (C=O) groups excluding carboxylic acids is 3. The molecule has 1 fully saturated rings. The molecule has 1 atom stereocenters. The first-order chi connectivity index (χ1) is 16.3. The van der Waals surface area contributed by atoms with Crippen molar-refractivity contribution in [2.24, 2.45) is 0 Å². The molecule has 0 aliphatic carbocycles. The first kappa shape index (κ1) is 23.1. The van der Waals surface area contributed by atoms with Gasteiger partial charge in [0.2, 0.25) is 5.91 Å². The van der Waals surface area contributed by atoms with Crippen molar-refractivity contribution < 1.29 is 28.6 Å². The lowest BCUT2D eigenvalue weighted by Gasteiger charge is -2.24. The standard InChI is InChI=1S/C25H21ClN2O6/c1-3-33-20-12-15(9-10-18(20)26)23(30)21-22(19-8-5-11-34-19)28(25(32)24(21)31)17-7-4-6-16(13-17)27-14(2)29/h4-13,22,30H,3H2,1-2H3,(H,27,29)/b23-21-. The molecule has 2 aromatic carbocycles. The molecule has 174 valence electrons. The van der Waals surface area contributed by atoms with E-state index in [1.54, 1.807) is 43.3 Å². The topological polar surface area (TPSA) is 109 Å². The predicted octanol–water partition coefficient (Wildman–Crippen LogP) is 4.92. The molecule has 1 aromatic heterocycles. The SMILES string of the molecule is CCOc1cc(/C(O)=C2/C(=O)C(=O)N(c3cccc(NC(C)=O)c3)C2c2ccco2)ccc1Cl. The van der Waals surface area contributed by atoms with Crippen LogP contribution in [-0.2, 0) is 14.4 Å². The zero-order valence-corrected chi connectivity index (χ0v) is 19.1. The Balaban J connectivity index is 1.87. The van der Waals surface area contributed by atoms with Crippen LogP contribution in [0.5, 0.6) is 5.75 Å². The predicted molar refractivity (Wildman–Crippen MR) is 127 cm³/mol. The summed E-state index contributed by atoms with van der Waals surface area (Å²) in [6, 6.07) is 13.3. The van der Waals surface area contributed by atoms with Crippen LogP contribution in [0, 0.1) is 0 Å². The zero-order valence-electron chi connectivity index (χ0n) is 18.4. The van der Waals surface area contributed by atoms with Crippen LogP contribution in [0.2, 0.25) is 5.02 Å². The van der Waals surface area contributed by atoms with Crippen LogP contribution in [-0.4, -0.2) is 29.3 Å². The number of nitrogens with one attached hydrogen (secondary N) is 1. The summed E-state index contributed by atoms with van der Waals surface area (Å²) in [5.41, 5.74) is 0.910. The number of hydrogen-bond acceptors (Lipinski definition) is 6. The molecule has 0 radical (unpaired) electrons. The van der Waals surface area contributed by atoms with Gasteiger partial charge in [-0.15, -0.1) is 0 Å². The molecule has 9 heteroatoms. The third kappa shape index (κ3) is 4.27. The molecule has 2 heterocycles. The molecule has 3 aromatic rings. The highest BCUT2D eigenvalue weighted by Crippen LogP contribution is 2.43. The Morgan fingerprint density at radius 1 is 1.18 bits per heavy atom. The van der Waals surface area contributed by atoms with Crippen LogP contribution in [0.1, 0.15) is 31.2 Å². The summed E-state index contributed by atoms with van der Waals surface area (Å²) in [7, 11) is 0. The van der Waals surface area contributed by atoms with Gasteiger partial charge in [-0.1, -0.05) is 17.7 Å². The first-order valence-corrected chi connectivity index (χ1v) is 10.8. The van der Waals surface area contributed by atoms with Crippen molar-refractivity contribution in [2.45, 2.75) is 19.9 Å². The molecule has 2 amide bonds. The second kappa shape index (κ2) is 9.44. The Morgan fingerprint density at radius 3 is 2.65 bits per heavy atom. The van der Waals surface area contributed by atoms with Crippen LogP contribution < -0.4 is 15.0 Å². The number of ketones is 1. The van der Waals surface area contributed by atoms with Crippen molar-refractivity contribution >= 4 is 46.3 Å². The molecule has 1 unspecified atom stereocenters. The van der Waals surface area contributed by atoms with Crippen molar-refractivity contribution in [3.05, 3.63) is 82.8 Å². The molecule has 4 rings (SSSR count). The van der Waals surface area contributed by atoms with E-state index < -0.39 is 23.5 Å². The number of halogens is 1. The summed E-state index contributed by atoms with van der Waals surface area (Å²) in [5, 5.41) is 14.2. The number of amides is 2. The minimum atomic E-state index is -1.03. The Morgan fingerprint density at radius 2 is 1.97 bits per heavy atom. The van der Waals surface area contributed by atoms with Crippen molar-refractivity contribution in [1.82, 2.24) is 0 Å². The molecule has 34 heavy (non-hydrogen) atoms. The number of Topliss-reactive ketones (excluding diaryl/α,β-unsaturated/α-hetero) is 1. The molecular formula is C25H21ClN2O6. The summed E-state index contributed by atoms with van der Waals surface area (Å²) in [6.45, 7) is 3.51. The maximum Gasteiger partial charge on any atom is 0.300 e. The molecule has 1 aliphatic heterocycles. The molecule has 8 nitrogen and oxygen atoms in total. The lowest BCUT2D eigenvalue weighted by molar-refractivity contribution is -0.132. The summed E-state index contributed by atoms with van der Waals surface area (Å²) in [4.78, 5) is 39.1. The van der Waals surface area contributed by atoms with E-state index in [0.29, 0.717) is 28.8 Å². The van der Waals surface area contributed by atoms with E-state index in [2.05, 4.69) is 5.32 Å². The maximum absolute atomic E-state index is 13.2. The van der Waals surface area contributed by atoms with Gasteiger partial charge in [0, 0.05) is 23.9 Å². The molecule has 2 N–H and O–H groups in total. The number of nitrogens with zero attached hydrogens (tertiary/aromatic N) is 1. The third-order valence-corrected chi connectivity index (χ3v) is 5.52. The fourth-order valence-corrected chi connectivity index (χ4v) is 4.00. The molecule has 0 saturated carbocycles. The first-order valence-electron chi connectivity index (χ1n) is 10.5. The maximum atomic E-state index is 13.2. The van der Waals surface area contributed by atoms with Gasteiger partial charge in [-0.3, -0.25) is 19.3 Å². The Hall–Kier alpha value is -4.04. The van der Waals surface area contributed by atoms with E-state index in [-0.39, 0.29) is 22.8 Å². The molecule has 1 aliphatic rings. The largest absolute Gasteiger partial charge is 0.507 e. The Bertz CT molecular complexity index is 1300. The lowest BCUT2D eigenvalue weighted by atomic mass is 9.99. The third-order valence-electron chi connectivity index (χ3n) is 5.21. The van der Waals surface area contributed by atoms with Gasteiger partial charge in [0.05, 0.1) is 23.5 Å². The summed E-state index contributed by atoms with van der Waals surface area (Å²) in [5.74, 6) is -1.78. The molecule has 1 saturated heterocycles. The van der Waals surface area contributed by atoms with E-state index in [1.807, 2.05) is 0 Å². The van der Waals surface area contributed by atoms with Crippen LogP contribution >= 0.6 is 11.6 Å². The number of ether oxygens (including phenoxy) is 1. The minimum absolute atomic E-state index is 0.144. The van der Waals surface area contributed by atoms with Crippen molar-refractivity contribution in [1.29, 1.82) is 0 Å². The van der Waals surface area contributed by atoms with Gasteiger partial charge in [0.1, 0.15) is 23.3 Å². The van der Waals surface area contributed by atoms with Gasteiger partial charge in [-0.25, -0.2) is 0 Å². The number of hydrogen-bond donors (Lipinski definition) is 2. The summed E-state index contributed by atoms with van der Waals surface area (Å²) in [6.07, 6.45) is 1.42. The summed E-state index contributed by atoms with van der Waals surface area (Å²) < 4.78 is 11.0. The van der Waals surface area contributed by atoms with Gasteiger partial charge in [-0.05, 0) is 55.5 Å². The molecule has 0 spiro atoms. The molecular weight excluding hydrogens is 460 g/mol. The summed E-state index contributed by atoms with van der Waals surface area (Å²) >= 11 is 6.16. The van der Waals surface area contributed by atoms with Crippen molar-refractivity contribution in [3.8, 4) is 5.75 Å². The van der Waals surface area contributed by atoms with Crippen molar-refractivity contribution in [3.63, 3.8) is 0 Å². The highest BCUT2D eigenvalue weighted by molar-refractivity contribution is 6.51. The van der Waals surface area contributed by atoms with E-state index in [4.69, 9.17) is 20.8 Å².